The molecule has 1 aliphatic rings. The van der Waals surface area contributed by atoms with E-state index in [4.69, 9.17) is 4.42 Å². The van der Waals surface area contributed by atoms with Crippen LogP contribution in [0.4, 0.5) is 0 Å². The second kappa shape index (κ2) is 5.69. The molecule has 1 aromatic heterocycles. The lowest BCUT2D eigenvalue weighted by Crippen LogP contribution is -2.38. The van der Waals surface area contributed by atoms with Crippen molar-refractivity contribution in [3.05, 3.63) is 22.6 Å². The molecular formula is C12H17BrN2O2. The zero-order chi connectivity index (χ0) is 12.3. The Balaban J connectivity index is 1.90. The first-order valence-electron chi connectivity index (χ1n) is 5.86. The van der Waals surface area contributed by atoms with Gasteiger partial charge in [0, 0.05) is 13.0 Å². The van der Waals surface area contributed by atoms with Crippen molar-refractivity contribution in [1.29, 1.82) is 0 Å². The predicted molar refractivity (Wildman–Crippen MR) is 68.5 cm³/mol. The van der Waals surface area contributed by atoms with Crippen LogP contribution in [0, 0.1) is 5.92 Å². The Bertz CT molecular complexity index is 386. The molecule has 0 unspecified atom stereocenters. The number of furan rings is 1. The Morgan fingerprint density at radius 1 is 1.53 bits per heavy atom. The summed E-state index contributed by atoms with van der Waals surface area (Å²) < 4.78 is 6.11. The Morgan fingerprint density at radius 2 is 2.24 bits per heavy atom. The third-order valence-corrected chi connectivity index (χ3v) is 3.51. The fraction of sp³-hybridized carbons (Fsp3) is 0.583. The van der Waals surface area contributed by atoms with Gasteiger partial charge in [-0.25, -0.2) is 0 Å². The number of hydrogen-bond donors (Lipinski definition) is 1. The number of nitrogens with zero attached hydrogens (tertiary/aromatic N) is 1. The topological polar surface area (TPSA) is 45.5 Å². The molecule has 0 aliphatic carbocycles. The lowest BCUT2D eigenvalue weighted by atomic mass is 9.97. The number of rotatable bonds is 3. The van der Waals surface area contributed by atoms with Gasteiger partial charge in [0.2, 0.25) is 5.91 Å². The van der Waals surface area contributed by atoms with Gasteiger partial charge in [-0.3, -0.25) is 4.79 Å². The molecule has 0 bridgehead atoms. The molecule has 1 saturated heterocycles. The van der Waals surface area contributed by atoms with Crippen molar-refractivity contribution < 1.29 is 9.21 Å². The number of halogens is 1. The quantitative estimate of drug-likeness (QED) is 0.929. The van der Waals surface area contributed by atoms with Crippen molar-refractivity contribution in [1.82, 2.24) is 10.2 Å². The second-order valence-corrected chi connectivity index (χ2v) is 5.21. The van der Waals surface area contributed by atoms with E-state index in [9.17, 15) is 4.79 Å². The fourth-order valence-corrected chi connectivity index (χ4v) is 2.47. The van der Waals surface area contributed by atoms with Gasteiger partial charge in [0.05, 0.1) is 6.54 Å². The van der Waals surface area contributed by atoms with Crippen LogP contribution in [0.3, 0.4) is 0 Å². The summed E-state index contributed by atoms with van der Waals surface area (Å²) in [6, 6.07) is 3.73. The lowest BCUT2D eigenvalue weighted by molar-refractivity contribution is -0.135. The van der Waals surface area contributed by atoms with E-state index in [-0.39, 0.29) is 11.8 Å². The molecule has 5 heteroatoms. The van der Waals surface area contributed by atoms with Gasteiger partial charge in [0.25, 0.3) is 0 Å². The number of carbonyl (C=O) groups is 1. The number of carbonyl (C=O) groups excluding carboxylic acids is 1. The van der Waals surface area contributed by atoms with Crippen molar-refractivity contribution >= 4 is 21.8 Å². The molecule has 1 fully saturated rings. The summed E-state index contributed by atoms with van der Waals surface area (Å²) in [4.78, 5) is 13.9. The third kappa shape index (κ3) is 3.33. The highest BCUT2D eigenvalue weighted by Crippen LogP contribution is 2.18. The molecule has 1 amide bonds. The van der Waals surface area contributed by atoms with Gasteiger partial charge < -0.3 is 14.6 Å². The van der Waals surface area contributed by atoms with Crippen molar-refractivity contribution in [3.8, 4) is 0 Å². The Labute approximate surface area is 109 Å². The van der Waals surface area contributed by atoms with Crippen LogP contribution in [0.5, 0.6) is 0 Å². The van der Waals surface area contributed by atoms with Gasteiger partial charge in [-0.15, -0.1) is 0 Å². The van der Waals surface area contributed by atoms with Crippen LogP contribution in [0.2, 0.25) is 0 Å². The van der Waals surface area contributed by atoms with E-state index in [0.717, 1.165) is 31.7 Å². The van der Waals surface area contributed by atoms with Gasteiger partial charge in [-0.2, -0.15) is 0 Å². The van der Waals surface area contributed by atoms with E-state index < -0.39 is 0 Å². The summed E-state index contributed by atoms with van der Waals surface area (Å²) in [6.07, 6.45) is 1.87. The van der Waals surface area contributed by atoms with Crippen LogP contribution in [-0.4, -0.2) is 30.9 Å². The lowest BCUT2D eigenvalue weighted by Gasteiger charge is -2.26. The van der Waals surface area contributed by atoms with Crippen molar-refractivity contribution in [3.63, 3.8) is 0 Å². The van der Waals surface area contributed by atoms with Crippen LogP contribution in [0.1, 0.15) is 18.6 Å². The first kappa shape index (κ1) is 12.6. The summed E-state index contributed by atoms with van der Waals surface area (Å²) in [5, 5.41) is 3.27. The average molecular weight is 301 g/mol. The third-order valence-electron chi connectivity index (χ3n) is 3.09. The highest BCUT2D eigenvalue weighted by molar-refractivity contribution is 9.10. The van der Waals surface area contributed by atoms with Crippen molar-refractivity contribution in [2.75, 3.05) is 20.1 Å². The Kier molecular flexibility index (Phi) is 4.23. The molecule has 2 heterocycles. The van der Waals surface area contributed by atoms with E-state index in [0.29, 0.717) is 11.2 Å². The van der Waals surface area contributed by atoms with Crippen molar-refractivity contribution in [2.24, 2.45) is 5.92 Å². The molecule has 1 aliphatic heterocycles. The van der Waals surface area contributed by atoms with E-state index in [1.165, 1.54) is 0 Å². The molecule has 0 spiro atoms. The van der Waals surface area contributed by atoms with E-state index >= 15 is 0 Å². The molecule has 2 rings (SSSR count). The maximum Gasteiger partial charge on any atom is 0.225 e. The minimum atomic E-state index is 0.166. The largest absolute Gasteiger partial charge is 0.452 e. The zero-order valence-corrected chi connectivity index (χ0v) is 11.5. The number of amides is 1. The van der Waals surface area contributed by atoms with Gasteiger partial charge in [-0.05, 0) is 54.0 Å². The van der Waals surface area contributed by atoms with Gasteiger partial charge in [-0.1, -0.05) is 0 Å². The maximum absolute atomic E-state index is 12.2. The molecule has 4 nitrogen and oxygen atoms in total. The average Bonchev–Trinajstić information content (AvgIpc) is 2.75. The summed E-state index contributed by atoms with van der Waals surface area (Å²) >= 11 is 3.26. The van der Waals surface area contributed by atoms with Crippen LogP contribution in [-0.2, 0) is 11.3 Å². The number of hydrogen-bond acceptors (Lipinski definition) is 3. The highest BCUT2D eigenvalue weighted by atomic mass is 79.9. The Morgan fingerprint density at radius 3 is 2.82 bits per heavy atom. The summed E-state index contributed by atoms with van der Waals surface area (Å²) in [5.74, 6) is 1.19. The molecule has 0 saturated carbocycles. The molecule has 0 aromatic carbocycles. The summed E-state index contributed by atoms with van der Waals surface area (Å²) in [5.41, 5.74) is 0. The van der Waals surface area contributed by atoms with Crippen LogP contribution in [0.15, 0.2) is 21.2 Å². The Hall–Kier alpha value is -0.810. The monoisotopic (exact) mass is 300 g/mol. The van der Waals surface area contributed by atoms with Gasteiger partial charge in [0.1, 0.15) is 5.76 Å². The number of nitrogens with one attached hydrogen (secondary N) is 1. The van der Waals surface area contributed by atoms with Crippen LogP contribution >= 0.6 is 15.9 Å². The van der Waals surface area contributed by atoms with Gasteiger partial charge in [0.15, 0.2) is 4.67 Å². The van der Waals surface area contributed by atoms with Crippen LogP contribution < -0.4 is 5.32 Å². The maximum atomic E-state index is 12.2. The minimum Gasteiger partial charge on any atom is -0.452 e. The van der Waals surface area contributed by atoms with Crippen LogP contribution in [0.25, 0.3) is 0 Å². The SMILES string of the molecule is CN(Cc1ccc(Br)o1)C(=O)C1CCNCC1. The minimum absolute atomic E-state index is 0.166. The normalized spacial score (nSPS) is 17.1. The second-order valence-electron chi connectivity index (χ2n) is 4.42. The first-order valence-corrected chi connectivity index (χ1v) is 6.66. The molecule has 1 aromatic rings. The molecule has 94 valence electrons. The molecular weight excluding hydrogens is 284 g/mol. The number of piperidine rings is 1. The fourth-order valence-electron chi connectivity index (χ4n) is 2.13. The smallest absolute Gasteiger partial charge is 0.225 e. The summed E-state index contributed by atoms with van der Waals surface area (Å²) in [6.45, 7) is 2.42. The summed E-state index contributed by atoms with van der Waals surface area (Å²) in [7, 11) is 1.83. The predicted octanol–water partition coefficient (Wildman–Crippen LogP) is 2.00. The first-order chi connectivity index (χ1) is 8.16. The van der Waals surface area contributed by atoms with E-state index in [1.54, 1.807) is 4.90 Å². The highest BCUT2D eigenvalue weighted by Gasteiger charge is 2.24. The molecule has 0 atom stereocenters. The van der Waals surface area contributed by atoms with Gasteiger partial charge >= 0.3 is 0 Å². The standard InChI is InChI=1S/C12H17BrN2O2/c1-15(8-10-2-3-11(13)17-10)12(16)9-4-6-14-7-5-9/h2-3,9,14H,4-8H2,1H3. The molecule has 17 heavy (non-hydrogen) atoms. The van der Waals surface area contributed by atoms with E-state index in [1.807, 2.05) is 19.2 Å². The van der Waals surface area contributed by atoms with Crippen molar-refractivity contribution in [2.45, 2.75) is 19.4 Å². The van der Waals surface area contributed by atoms with E-state index in [2.05, 4.69) is 21.2 Å². The molecule has 1 N–H and O–H groups in total. The zero-order valence-electron chi connectivity index (χ0n) is 9.91. The molecule has 0 radical (unpaired) electrons.